The van der Waals surface area contributed by atoms with Crippen LogP contribution in [0.2, 0.25) is 0 Å². The van der Waals surface area contributed by atoms with Crippen molar-refractivity contribution in [3.8, 4) is 11.5 Å². The third kappa shape index (κ3) is 5.32. The number of methoxy groups -OCH3 is 1. The lowest BCUT2D eigenvalue weighted by molar-refractivity contribution is 0.207. The molecule has 1 aliphatic rings. The minimum atomic E-state index is 0.327. The molecule has 0 spiro atoms. The fourth-order valence-corrected chi connectivity index (χ4v) is 2.81. The number of ether oxygens (including phenoxy) is 2. The van der Waals surface area contributed by atoms with E-state index in [1.165, 1.54) is 12.8 Å². The van der Waals surface area contributed by atoms with Crippen LogP contribution in [0.1, 0.15) is 51.5 Å². The fourth-order valence-electron chi connectivity index (χ4n) is 2.81. The lowest BCUT2D eigenvalue weighted by Crippen LogP contribution is -2.41. The van der Waals surface area contributed by atoms with Crippen LogP contribution in [0.3, 0.4) is 0 Å². The summed E-state index contributed by atoms with van der Waals surface area (Å²) in [6.45, 7) is 4.97. The number of aliphatic imine (C=N–C) groups is 1. The number of nitrogens with zero attached hydrogens (tertiary/aromatic N) is 1. The van der Waals surface area contributed by atoms with Gasteiger partial charge in [0.05, 0.1) is 13.2 Å². The summed E-state index contributed by atoms with van der Waals surface area (Å²) in [6.07, 6.45) is 6.18. The largest absolute Gasteiger partial charge is 0.497 e. The Hall–Kier alpha value is -1.91. The molecular weight excluding hydrogens is 302 g/mol. The van der Waals surface area contributed by atoms with E-state index < -0.39 is 0 Å². The molecule has 0 bridgehead atoms. The van der Waals surface area contributed by atoms with Crippen molar-refractivity contribution in [2.75, 3.05) is 14.2 Å². The molecule has 0 aliphatic heterocycles. The second-order valence-corrected chi connectivity index (χ2v) is 6.38. The minimum absolute atomic E-state index is 0.327. The highest BCUT2D eigenvalue weighted by atomic mass is 16.5. The van der Waals surface area contributed by atoms with E-state index in [-0.39, 0.29) is 0 Å². The van der Waals surface area contributed by atoms with Crippen molar-refractivity contribution in [3.63, 3.8) is 0 Å². The highest BCUT2D eigenvalue weighted by molar-refractivity contribution is 5.80. The van der Waals surface area contributed by atoms with Crippen molar-refractivity contribution in [1.82, 2.24) is 10.6 Å². The van der Waals surface area contributed by atoms with Crippen LogP contribution >= 0.6 is 0 Å². The molecule has 2 N–H and O–H groups in total. The molecule has 5 nitrogen and oxygen atoms in total. The molecule has 134 valence electrons. The van der Waals surface area contributed by atoms with E-state index in [0.29, 0.717) is 18.7 Å². The van der Waals surface area contributed by atoms with Crippen molar-refractivity contribution in [1.29, 1.82) is 0 Å². The molecule has 2 rings (SSSR count). The molecule has 1 saturated carbocycles. The van der Waals surface area contributed by atoms with Crippen LogP contribution in [-0.2, 0) is 6.54 Å². The molecule has 1 aromatic carbocycles. The van der Waals surface area contributed by atoms with Gasteiger partial charge in [-0.25, -0.2) is 0 Å². The quantitative estimate of drug-likeness (QED) is 0.592. The van der Waals surface area contributed by atoms with Crippen molar-refractivity contribution < 1.29 is 9.47 Å². The monoisotopic (exact) mass is 333 g/mol. The van der Waals surface area contributed by atoms with E-state index in [2.05, 4.69) is 35.5 Å². The van der Waals surface area contributed by atoms with Crippen molar-refractivity contribution in [2.45, 2.75) is 64.6 Å². The molecule has 1 aromatic rings. The van der Waals surface area contributed by atoms with Crippen LogP contribution in [0.5, 0.6) is 11.5 Å². The van der Waals surface area contributed by atoms with E-state index in [0.717, 1.165) is 42.3 Å². The van der Waals surface area contributed by atoms with Gasteiger partial charge in [0.15, 0.2) is 5.96 Å². The Labute approximate surface area is 145 Å². The van der Waals surface area contributed by atoms with Gasteiger partial charge in [0.2, 0.25) is 0 Å². The molecule has 0 radical (unpaired) electrons. The maximum absolute atomic E-state index is 6.24. The standard InChI is InChI=1S/C19H31N3O2/c1-5-14(2)22-19(20-3)21-13-15-10-11-17(23-4)12-18(15)24-16-8-6-7-9-16/h10-12,14,16H,5-9,13H2,1-4H3,(H2,20,21,22). The Morgan fingerprint density at radius 1 is 1.33 bits per heavy atom. The van der Waals surface area contributed by atoms with Gasteiger partial charge in [-0.2, -0.15) is 0 Å². The zero-order valence-corrected chi connectivity index (χ0v) is 15.4. The summed E-state index contributed by atoms with van der Waals surface area (Å²) < 4.78 is 11.6. The number of guanidine groups is 1. The predicted octanol–water partition coefficient (Wildman–Crippen LogP) is 3.48. The average molecular weight is 333 g/mol. The molecule has 0 aromatic heterocycles. The third-order valence-corrected chi connectivity index (χ3v) is 4.54. The molecule has 1 aliphatic carbocycles. The Morgan fingerprint density at radius 2 is 2.08 bits per heavy atom. The molecule has 0 amide bonds. The van der Waals surface area contributed by atoms with E-state index in [1.54, 1.807) is 14.2 Å². The van der Waals surface area contributed by atoms with E-state index >= 15 is 0 Å². The van der Waals surface area contributed by atoms with Gasteiger partial charge in [0.1, 0.15) is 11.5 Å². The maximum Gasteiger partial charge on any atom is 0.191 e. The number of rotatable bonds is 7. The van der Waals surface area contributed by atoms with Crippen molar-refractivity contribution in [2.24, 2.45) is 4.99 Å². The number of nitrogens with one attached hydrogen (secondary N) is 2. The maximum atomic E-state index is 6.24. The summed E-state index contributed by atoms with van der Waals surface area (Å²) >= 11 is 0. The van der Waals surface area contributed by atoms with Crippen LogP contribution in [-0.4, -0.2) is 32.3 Å². The first-order valence-electron chi connectivity index (χ1n) is 8.97. The van der Waals surface area contributed by atoms with Crippen molar-refractivity contribution in [3.05, 3.63) is 23.8 Å². The summed E-state index contributed by atoms with van der Waals surface area (Å²) in [4.78, 5) is 4.29. The summed E-state index contributed by atoms with van der Waals surface area (Å²) in [5.74, 6) is 2.55. The zero-order valence-electron chi connectivity index (χ0n) is 15.4. The van der Waals surface area contributed by atoms with Gasteiger partial charge in [-0.15, -0.1) is 0 Å². The van der Waals surface area contributed by atoms with Crippen LogP contribution in [0.15, 0.2) is 23.2 Å². The van der Waals surface area contributed by atoms with Gasteiger partial charge in [-0.1, -0.05) is 6.92 Å². The number of benzene rings is 1. The highest BCUT2D eigenvalue weighted by Crippen LogP contribution is 2.29. The van der Waals surface area contributed by atoms with Gasteiger partial charge in [-0.05, 0) is 51.2 Å². The Kier molecular flexibility index (Phi) is 7.22. The molecule has 1 unspecified atom stereocenters. The molecule has 24 heavy (non-hydrogen) atoms. The summed E-state index contributed by atoms with van der Waals surface area (Å²) in [6, 6.07) is 6.41. The summed E-state index contributed by atoms with van der Waals surface area (Å²) in [5, 5.41) is 6.75. The average Bonchev–Trinajstić information content (AvgIpc) is 3.12. The fraction of sp³-hybridized carbons (Fsp3) is 0.632. The first kappa shape index (κ1) is 18.4. The second kappa shape index (κ2) is 9.40. The van der Waals surface area contributed by atoms with Gasteiger partial charge in [-0.3, -0.25) is 4.99 Å². The first-order chi connectivity index (χ1) is 11.7. The highest BCUT2D eigenvalue weighted by Gasteiger charge is 2.18. The van der Waals surface area contributed by atoms with Gasteiger partial charge in [0.25, 0.3) is 0 Å². The van der Waals surface area contributed by atoms with Crippen LogP contribution in [0.25, 0.3) is 0 Å². The van der Waals surface area contributed by atoms with Gasteiger partial charge in [0, 0.05) is 31.3 Å². The van der Waals surface area contributed by atoms with E-state index in [4.69, 9.17) is 9.47 Å². The third-order valence-electron chi connectivity index (χ3n) is 4.54. The Bertz CT molecular complexity index is 539. The summed E-state index contributed by atoms with van der Waals surface area (Å²) in [7, 11) is 3.48. The molecular formula is C19H31N3O2. The van der Waals surface area contributed by atoms with Gasteiger partial charge >= 0.3 is 0 Å². The number of hydrogen-bond acceptors (Lipinski definition) is 3. The van der Waals surface area contributed by atoms with Crippen molar-refractivity contribution >= 4 is 5.96 Å². The SMILES string of the molecule is CCC(C)NC(=NC)NCc1ccc(OC)cc1OC1CCCC1. The molecule has 5 heteroatoms. The Morgan fingerprint density at radius 3 is 2.71 bits per heavy atom. The lowest BCUT2D eigenvalue weighted by Gasteiger charge is -2.20. The van der Waals surface area contributed by atoms with E-state index in [1.807, 2.05) is 12.1 Å². The Balaban J connectivity index is 2.04. The van der Waals surface area contributed by atoms with E-state index in [9.17, 15) is 0 Å². The molecule has 0 saturated heterocycles. The topological polar surface area (TPSA) is 54.9 Å². The second-order valence-electron chi connectivity index (χ2n) is 6.38. The molecule has 1 atom stereocenters. The lowest BCUT2D eigenvalue weighted by atomic mass is 10.1. The molecule has 1 fully saturated rings. The molecule has 0 heterocycles. The smallest absolute Gasteiger partial charge is 0.191 e. The summed E-state index contributed by atoms with van der Waals surface area (Å²) in [5.41, 5.74) is 1.12. The van der Waals surface area contributed by atoms with Crippen LogP contribution in [0.4, 0.5) is 0 Å². The van der Waals surface area contributed by atoms with Crippen LogP contribution < -0.4 is 20.1 Å². The van der Waals surface area contributed by atoms with Gasteiger partial charge < -0.3 is 20.1 Å². The predicted molar refractivity (Wildman–Crippen MR) is 99.0 cm³/mol. The zero-order chi connectivity index (χ0) is 17.4. The number of hydrogen-bond donors (Lipinski definition) is 2. The minimum Gasteiger partial charge on any atom is -0.497 e. The first-order valence-corrected chi connectivity index (χ1v) is 8.97. The normalized spacial score (nSPS) is 16.8. The van der Waals surface area contributed by atoms with Crippen LogP contribution in [0, 0.1) is 0 Å².